The summed E-state index contributed by atoms with van der Waals surface area (Å²) < 4.78 is 41.1. The Morgan fingerprint density at radius 1 is 1.14 bits per heavy atom. The van der Waals surface area contributed by atoms with Crippen LogP contribution in [0.25, 0.3) is 22.6 Å². The zero-order chi connectivity index (χ0) is 24.7. The van der Waals surface area contributed by atoms with E-state index in [4.69, 9.17) is 17.3 Å². The van der Waals surface area contributed by atoms with Gasteiger partial charge in [-0.1, -0.05) is 11.6 Å². The summed E-state index contributed by atoms with van der Waals surface area (Å²) >= 11 is 5.72. The molecule has 5 rings (SSSR count). The van der Waals surface area contributed by atoms with Crippen LogP contribution in [0.4, 0.5) is 24.7 Å². The summed E-state index contributed by atoms with van der Waals surface area (Å²) in [5.74, 6) is 0.483. The van der Waals surface area contributed by atoms with Crippen LogP contribution in [0.15, 0.2) is 36.9 Å². The van der Waals surface area contributed by atoms with Crippen molar-refractivity contribution in [3.8, 4) is 11.5 Å². The van der Waals surface area contributed by atoms with Crippen LogP contribution >= 0.6 is 11.6 Å². The molecule has 0 atom stereocenters. The number of benzene rings is 1. The average molecular weight is 506 g/mol. The number of imidazole rings is 1. The summed E-state index contributed by atoms with van der Waals surface area (Å²) in [5.41, 5.74) is 6.40. The largest absolute Gasteiger partial charge is 0.417 e. The van der Waals surface area contributed by atoms with E-state index < -0.39 is 11.7 Å². The lowest BCUT2D eigenvalue weighted by atomic mass is 10.1. The minimum absolute atomic E-state index is 0.0904. The van der Waals surface area contributed by atoms with Gasteiger partial charge in [-0.15, -0.1) is 0 Å². The number of carbonyl (C=O) groups excluding carboxylic acids is 1. The van der Waals surface area contributed by atoms with Crippen LogP contribution < -0.4 is 10.6 Å². The molecule has 1 aliphatic heterocycles. The highest BCUT2D eigenvalue weighted by Gasteiger charge is 2.34. The number of aromatic nitrogens is 6. The molecule has 1 amide bonds. The third kappa shape index (κ3) is 4.34. The molecule has 4 heterocycles. The Balaban J connectivity index is 1.31. The molecule has 1 fully saturated rings. The molecule has 1 aliphatic rings. The van der Waals surface area contributed by atoms with Crippen molar-refractivity contribution in [1.82, 2.24) is 34.6 Å². The second kappa shape index (κ2) is 8.73. The van der Waals surface area contributed by atoms with E-state index in [-0.39, 0.29) is 23.3 Å². The van der Waals surface area contributed by atoms with Crippen LogP contribution in [-0.4, -0.2) is 66.7 Å². The van der Waals surface area contributed by atoms with Gasteiger partial charge in [-0.05, 0) is 18.2 Å². The zero-order valence-corrected chi connectivity index (χ0v) is 18.9. The molecule has 0 bridgehead atoms. The Kier molecular flexibility index (Phi) is 5.71. The van der Waals surface area contributed by atoms with Crippen molar-refractivity contribution in [3.63, 3.8) is 0 Å². The first kappa shape index (κ1) is 22.9. The maximum atomic E-state index is 13.2. The van der Waals surface area contributed by atoms with Crippen molar-refractivity contribution in [2.75, 3.05) is 36.8 Å². The predicted octanol–water partition coefficient (Wildman–Crippen LogP) is 2.82. The Morgan fingerprint density at radius 3 is 2.60 bits per heavy atom. The number of nitrogens with zero attached hydrogens (tertiary/aromatic N) is 7. The molecule has 1 saturated heterocycles. The smallest absolute Gasteiger partial charge is 0.383 e. The number of nitrogens with two attached hydrogens (primary N) is 1. The van der Waals surface area contributed by atoms with Gasteiger partial charge < -0.3 is 20.5 Å². The maximum Gasteiger partial charge on any atom is 0.417 e. The normalized spacial score (nSPS) is 14.6. The summed E-state index contributed by atoms with van der Waals surface area (Å²) in [6.45, 7) is 1.33. The Morgan fingerprint density at radius 2 is 1.91 bits per heavy atom. The lowest BCUT2D eigenvalue weighted by molar-refractivity contribution is -0.137. The number of aromatic amines is 1. The van der Waals surface area contributed by atoms with Crippen LogP contribution in [0.2, 0.25) is 5.02 Å². The monoisotopic (exact) mass is 505 g/mol. The van der Waals surface area contributed by atoms with E-state index >= 15 is 0 Å². The van der Waals surface area contributed by atoms with Crippen molar-refractivity contribution in [2.45, 2.75) is 12.7 Å². The summed E-state index contributed by atoms with van der Waals surface area (Å²) in [4.78, 5) is 31.9. The number of halogens is 4. The van der Waals surface area contributed by atoms with Crippen molar-refractivity contribution in [2.24, 2.45) is 0 Å². The van der Waals surface area contributed by atoms with E-state index in [1.165, 1.54) is 17.1 Å². The minimum Gasteiger partial charge on any atom is -0.383 e. The standard InChI is InChI=1S/C21H19ClF3N9O/c22-14-2-1-12(9-13(14)21(23,24)25)32-5-7-33(8-6-32)15(35)10-34-20-16(18(26)29-11-30-20)17(31-34)19-27-3-4-28-19/h1-4,9,11H,5-8,10H2,(H,27,28)(H2,26,29,30). The molecule has 182 valence electrons. The fourth-order valence-electron chi connectivity index (χ4n) is 4.07. The van der Waals surface area contributed by atoms with Gasteiger partial charge >= 0.3 is 6.18 Å². The van der Waals surface area contributed by atoms with E-state index in [0.717, 1.165) is 6.07 Å². The molecule has 0 aliphatic carbocycles. The maximum absolute atomic E-state index is 13.2. The number of hydrogen-bond donors (Lipinski definition) is 2. The number of fused-ring (bicyclic) bond motifs is 1. The van der Waals surface area contributed by atoms with Gasteiger partial charge in [-0.3, -0.25) is 4.79 Å². The molecule has 4 aromatic rings. The first-order valence-corrected chi connectivity index (χ1v) is 11.0. The van der Waals surface area contributed by atoms with Gasteiger partial charge in [0, 0.05) is 44.3 Å². The van der Waals surface area contributed by atoms with Gasteiger partial charge in [0.15, 0.2) is 11.5 Å². The van der Waals surface area contributed by atoms with Gasteiger partial charge in [-0.2, -0.15) is 18.3 Å². The van der Waals surface area contributed by atoms with Gasteiger partial charge in [0.05, 0.1) is 16.0 Å². The first-order chi connectivity index (χ1) is 16.7. The van der Waals surface area contributed by atoms with Gasteiger partial charge in [0.2, 0.25) is 5.91 Å². The molecule has 0 saturated carbocycles. The number of alkyl halides is 3. The fourth-order valence-corrected chi connectivity index (χ4v) is 4.30. The Labute approximate surface area is 201 Å². The number of rotatable bonds is 4. The third-order valence-corrected chi connectivity index (χ3v) is 6.15. The van der Waals surface area contributed by atoms with Crippen molar-refractivity contribution in [1.29, 1.82) is 0 Å². The lowest BCUT2D eigenvalue weighted by Crippen LogP contribution is -2.49. The summed E-state index contributed by atoms with van der Waals surface area (Å²) in [7, 11) is 0. The van der Waals surface area contributed by atoms with Crippen LogP contribution in [0.3, 0.4) is 0 Å². The predicted molar refractivity (Wildman–Crippen MR) is 123 cm³/mol. The van der Waals surface area contributed by atoms with Crippen molar-refractivity contribution >= 4 is 40.0 Å². The molecule has 1 aromatic carbocycles. The van der Waals surface area contributed by atoms with E-state index in [1.54, 1.807) is 28.3 Å². The number of hydrogen-bond acceptors (Lipinski definition) is 7. The molecule has 14 heteroatoms. The third-order valence-electron chi connectivity index (χ3n) is 5.82. The molecule has 10 nitrogen and oxygen atoms in total. The van der Waals surface area contributed by atoms with Crippen LogP contribution in [-0.2, 0) is 17.5 Å². The number of H-pyrrole nitrogens is 1. The van der Waals surface area contributed by atoms with E-state index in [0.29, 0.717) is 54.4 Å². The van der Waals surface area contributed by atoms with Crippen LogP contribution in [0, 0.1) is 0 Å². The highest BCUT2D eigenvalue weighted by molar-refractivity contribution is 6.31. The molecular formula is C21H19ClF3N9O. The van der Waals surface area contributed by atoms with E-state index in [2.05, 4.69) is 25.0 Å². The average Bonchev–Trinajstić information content (AvgIpc) is 3.48. The topological polar surface area (TPSA) is 122 Å². The molecule has 0 unspecified atom stereocenters. The number of nitrogen functional groups attached to an aromatic ring is 1. The Hall–Kier alpha value is -3.87. The number of nitrogens with one attached hydrogen (secondary N) is 1. The minimum atomic E-state index is -4.54. The summed E-state index contributed by atoms with van der Waals surface area (Å²) in [6, 6.07) is 3.82. The van der Waals surface area contributed by atoms with Crippen LogP contribution in [0.5, 0.6) is 0 Å². The molecule has 0 radical (unpaired) electrons. The molecule has 3 N–H and O–H groups in total. The van der Waals surface area contributed by atoms with Crippen LogP contribution in [0.1, 0.15) is 5.56 Å². The molecular weight excluding hydrogens is 487 g/mol. The van der Waals surface area contributed by atoms with E-state index in [1.807, 2.05) is 0 Å². The van der Waals surface area contributed by atoms with E-state index in [9.17, 15) is 18.0 Å². The fraction of sp³-hybridized carbons (Fsp3) is 0.286. The Bertz CT molecular complexity index is 1380. The number of carbonyl (C=O) groups is 1. The van der Waals surface area contributed by atoms with Gasteiger partial charge in [-0.25, -0.2) is 19.6 Å². The molecule has 0 spiro atoms. The second-order valence-corrected chi connectivity index (χ2v) is 8.34. The van der Waals surface area contributed by atoms with Gasteiger partial charge in [0.25, 0.3) is 0 Å². The van der Waals surface area contributed by atoms with Gasteiger partial charge in [0.1, 0.15) is 24.4 Å². The summed E-state index contributed by atoms with van der Waals surface area (Å²) in [5, 5.41) is 4.64. The SMILES string of the molecule is Nc1ncnc2c1c(-c1ncc[nH]1)nn2CC(=O)N1CCN(c2ccc(Cl)c(C(F)(F)F)c2)CC1. The van der Waals surface area contributed by atoms with Crippen molar-refractivity contribution < 1.29 is 18.0 Å². The number of amides is 1. The first-order valence-electron chi connectivity index (χ1n) is 10.6. The molecule has 35 heavy (non-hydrogen) atoms. The zero-order valence-electron chi connectivity index (χ0n) is 18.1. The number of anilines is 2. The quantitative estimate of drug-likeness (QED) is 0.437. The lowest BCUT2D eigenvalue weighted by Gasteiger charge is -2.36. The van der Waals surface area contributed by atoms with Crippen molar-refractivity contribution in [3.05, 3.63) is 47.5 Å². The molecule has 3 aromatic heterocycles. The number of piperazine rings is 1. The highest BCUT2D eigenvalue weighted by atomic mass is 35.5. The second-order valence-electron chi connectivity index (χ2n) is 7.93. The summed E-state index contributed by atoms with van der Waals surface area (Å²) in [6.07, 6.45) is -0.0302. The highest BCUT2D eigenvalue weighted by Crippen LogP contribution is 2.37.